The van der Waals surface area contributed by atoms with Gasteiger partial charge in [0.1, 0.15) is 6.54 Å². The Kier molecular flexibility index (Phi) is 8.41. The second-order valence-electron chi connectivity index (χ2n) is 6.64. The van der Waals surface area contributed by atoms with Crippen LogP contribution in [-0.2, 0) is 20.5 Å². The summed E-state index contributed by atoms with van der Waals surface area (Å²) < 4.78 is 48.2. The average molecular weight is 504 g/mol. The summed E-state index contributed by atoms with van der Waals surface area (Å²) in [6, 6.07) is 5.72. The van der Waals surface area contributed by atoms with E-state index in [9.17, 15) is 37.7 Å². The number of nitrogens with zero attached hydrogens (tertiary/aromatic N) is 1. The van der Waals surface area contributed by atoms with Gasteiger partial charge < -0.3 is 20.1 Å². The van der Waals surface area contributed by atoms with Gasteiger partial charge in [0.05, 0.1) is 28.3 Å². The van der Waals surface area contributed by atoms with Crippen LogP contribution in [-0.4, -0.2) is 42.5 Å². The number of alkyl halides is 3. The Labute approximate surface area is 195 Å². The van der Waals surface area contributed by atoms with Gasteiger partial charge in [-0.1, -0.05) is 11.6 Å². The smallest absolute Gasteiger partial charge is 0.416 e. The first-order chi connectivity index (χ1) is 15.8. The van der Waals surface area contributed by atoms with Gasteiger partial charge >= 0.3 is 17.8 Å². The Bertz CT molecular complexity index is 1130. The minimum absolute atomic E-state index is 0.0679. The Morgan fingerprint density at radius 1 is 1.18 bits per heavy atom. The number of nitro groups is 1. The average Bonchev–Trinajstić information content (AvgIpc) is 2.77. The van der Waals surface area contributed by atoms with Crippen LogP contribution in [0.5, 0.6) is 5.75 Å². The van der Waals surface area contributed by atoms with Gasteiger partial charge in [-0.2, -0.15) is 13.2 Å². The summed E-state index contributed by atoms with van der Waals surface area (Å²) in [5.74, 6) is -2.92. The van der Waals surface area contributed by atoms with Crippen molar-refractivity contribution in [3.05, 3.63) is 62.7 Å². The molecule has 0 fully saturated rings. The van der Waals surface area contributed by atoms with Crippen LogP contribution >= 0.6 is 11.6 Å². The lowest BCUT2D eigenvalue weighted by Gasteiger charge is -2.16. The SMILES string of the molecule is COc1ccc(C(=O)NCC(=O)O[C@@H](C)C(=O)Nc2cc(C(F)(F)F)ccc2Cl)cc1[N+](=O)[O-]. The van der Waals surface area contributed by atoms with Crippen molar-refractivity contribution >= 4 is 40.8 Å². The quantitative estimate of drug-likeness (QED) is 0.319. The Hall–Kier alpha value is -3.87. The van der Waals surface area contributed by atoms with Crippen LogP contribution in [0.4, 0.5) is 24.5 Å². The normalized spacial score (nSPS) is 11.8. The second kappa shape index (κ2) is 10.8. The van der Waals surface area contributed by atoms with Crippen LogP contribution < -0.4 is 15.4 Å². The molecule has 0 aromatic heterocycles. The van der Waals surface area contributed by atoms with Gasteiger partial charge in [0.2, 0.25) is 0 Å². The predicted molar refractivity (Wildman–Crippen MR) is 113 cm³/mol. The standard InChI is InChI=1S/C20H17ClF3N3O7/c1-10(18(29)26-14-8-12(20(22,23)24)4-5-13(14)21)34-17(28)9-25-19(30)11-3-6-16(33-2)15(7-11)27(31)32/h3-8,10H,9H2,1-2H3,(H,25,30)(H,26,29)/t10-/m0/s1. The molecule has 2 aromatic rings. The molecule has 1 atom stereocenters. The van der Waals surface area contributed by atoms with E-state index in [4.69, 9.17) is 21.1 Å². The number of anilines is 1. The molecule has 0 aliphatic carbocycles. The molecule has 0 heterocycles. The van der Waals surface area contributed by atoms with Gasteiger partial charge in [0, 0.05) is 11.6 Å². The molecule has 0 aliphatic heterocycles. The number of hydrogen-bond acceptors (Lipinski definition) is 7. The molecule has 0 aliphatic rings. The molecule has 14 heteroatoms. The lowest BCUT2D eigenvalue weighted by Crippen LogP contribution is -2.36. The molecule has 2 N–H and O–H groups in total. The Morgan fingerprint density at radius 3 is 2.44 bits per heavy atom. The molecule has 0 unspecified atom stereocenters. The van der Waals surface area contributed by atoms with Gasteiger partial charge in [-0.3, -0.25) is 24.5 Å². The summed E-state index contributed by atoms with van der Waals surface area (Å²) >= 11 is 5.81. The van der Waals surface area contributed by atoms with E-state index >= 15 is 0 Å². The molecule has 34 heavy (non-hydrogen) atoms. The van der Waals surface area contributed by atoms with Crippen molar-refractivity contribution in [1.29, 1.82) is 0 Å². The fourth-order valence-corrected chi connectivity index (χ4v) is 2.72. The summed E-state index contributed by atoms with van der Waals surface area (Å²) in [6.45, 7) is 0.462. The minimum atomic E-state index is -4.66. The van der Waals surface area contributed by atoms with Crippen molar-refractivity contribution in [3.8, 4) is 5.75 Å². The van der Waals surface area contributed by atoms with Crippen LogP contribution in [0.2, 0.25) is 5.02 Å². The molecular weight excluding hydrogens is 487 g/mol. The molecule has 0 spiro atoms. The van der Waals surface area contributed by atoms with Gasteiger partial charge in [0.25, 0.3) is 11.8 Å². The summed E-state index contributed by atoms with van der Waals surface area (Å²) in [6.07, 6.45) is -6.11. The number of methoxy groups -OCH3 is 1. The number of carbonyl (C=O) groups is 3. The van der Waals surface area contributed by atoms with Crippen molar-refractivity contribution < 1.29 is 42.0 Å². The maximum atomic E-state index is 12.8. The van der Waals surface area contributed by atoms with E-state index in [0.29, 0.717) is 6.07 Å². The van der Waals surface area contributed by atoms with Crippen molar-refractivity contribution in [2.24, 2.45) is 0 Å². The zero-order chi connectivity index (χ0) is 25.6. The lowest BCUT2D eigenvalue weighted by molar-refractivity contribution is -0.385. The highest BCUT2D eigenvalue weighted by atomic mass is 35.5. The minimum Gasteiger partial charge on any atom is -0.490 e. The molecule has 0 bridgehead atoms. The maximum absolute atomic E-state index is 12.8. The highest BCUT2D eigenvalue weighted by Crippen LogP contribution is 2.34. The highest BCUT2D eigenvalue weighted by molar-refractivity contribution is 6.33. The number of nitro benzene ring substituents is 1. The Morgan fingerprint density at radius 2 is 1.85 bits per heavy atom. The summed E-state index contributed by atoms with van der Waals surface area (Å²) in [4.78, 5) is 46.6. The molecule has 2 aromatic carbocycles. The third kappa shape index (κ3) is 6.81. The van der Waals surface area contributed by atoms with Crippen LogP contribution in [0.1, 0.15) is 22.8 Å². The molecule has 2 amide bonds. The first-order valence-electron chi connectivity index (χ1n) is 9.31. The molecular formula is C20H17ClF3N3O7. The van der Waals surface area contributed by atoms with Gasteiger partial charge in [0.15, 0.2) is 11.9 Å². The number of carbonyl (C=O) groups excluding carboxylic acids is 3. The number of amides is 2. The maximum Gasteiger partial charge on any atom is 0.416 e. The largest absolute Gasteiger partial charge is 0.490 e. The fourth-order valence-electron chi connectivity index (χ4n) is 2.55. The van der Waals surface area contributed by atoms with E-state index in [1.54, 1.807) is 0 Å². The molecule has 0 saturated carbocycles. The molecule has 182 valence electrons. The molecule has 0 saturated heterocycles. The number of nitrogens with one attached hydrogen (secondary N) is 2. The van der Waals surface area contributed by atoms with E-state index in [0.717, 1.165) is 25.1 Å². The fraction of sp³-hybridized carbons (Fsp3) is 0.250. The number of halogens is 4. The summed E-state index contributed by atoms with van der Waals surface area (Å²) in [7, 11) is 1.22. The zero-order valence-corrected chi connectivity index (χ0v) is 18.3. The van der Waals surface area contributed by atoms with E-state index in [2.05, 4.69) is 10.6 Å². The van der Waals surface area contributed by atoms with E-state index in [-0.39, 0.29) is 22.0 Å². The Balaban J connectivity index is 1.95. The van der Waals surface area contributed by atoms with E-state index in [1.165, 1.54) is 19.2 Å². The first kappa shape index (κ1) is 26.4. The number of hydrogen-bond donors (Lipinski definition) is 2. The van der Waals surface area contributed by atoms with Crippen molar-refractivity contribution in [3.63, 3.8) is 0 Å². The van der Waals surface area contributed by atoms with Crippen molar-refractivity contribution in [2.75, 3.05) is 19.0 Å². The van der Waals surface area contributed by atoms with Crippen molar-refractivity contribution in [1.82, 2.24) is 5.32 Å². The predicted octanol–water partition coefficient (Wildman–Crippen LogP) is 3.58. The van der Waals surface area contributed by atoms with Crippen LogP contribution in [0.25, 0.3) is 0 Å². The number of benzene rings is 2. The van der Waals surface area contributed by atoms with E-state index < -0.39 is 52.8 Å². The number of ether oxygens (including phenoxy) is 2. The first-order valence-corrected chi connectivity index (χ1v) is 9.69. The van der Waals surface area contributed by atoms with Gasteiger partial charge in [-0.25, -0.2) is 0 Å². The third-order valence-electron chi connectivity index (χ3n) is 4.26. The zero-order valence-electron chi connectivity index (χ0n) is 17.6. The summed E-state index contributed by atoms with van der Waals surface area (Å²) in [5.41, 5.74) is -1.97. The van der Waals surface area contributed by atoms with Gasteiger partial charge in [-0.15, -0.1) is 0 Å². The molecule has 10 nitrogen and oxygen atoms in total. The van der Waals surface area contributed by atoms with Crippen LogP contribution in [0.15, 0.2) is 36.4 Å². The molecule has 2 rings (SSSR count). The highest BCUT2D eigenvalue weighted by Gasteiger charge is 2.31. The van der Waals surface area contributed by atoms with Gasteiger partial charge in [-0.05, 0) is 37.3 Å². The topological polar surface area (TPSA) is 137 Å². The summed E-state index contributed by atoms with van der Waals surface area (Å²) in [5, 5.41) is 15.2. The third-order valence-corrected chi connectivity index (χ3v) is 4.59. The monoisotopic (exact) mass is 503 g/mol. The lowest BCUT2D eigenvalue weighted by atomic mass is 10.1. The molecule has 0 radical (unpaired) electrons. The van der Waals surface area contributed by atoms with E-state index in [1.807, 2.05) is 0 Å². The second-order valence-corrected chi connectivity index (χ2v) is 7.05. The van der Waals surface area contributed by atoms with Crippen LogP contribution in [0, 0.1) is 10.1 Å². The van der Waals surface area contributed by atoms with Crippen molar-refractivity contribution in [2.45, 2.75) is 19.2 Å². The van der Waals surface area contributed by atoms with Crippen LogP contribution in [0.3, 0.4) is 0 Å². The number of esters is 1. The number of rotatable bonds is 8.